The summed E-state index contributed by atoms with van der Waals surface area (Å²) in [5, 5.41) is 0. The van der Waals surface area contributed by atoms with Gasteiger partial charge >= 0.3 is 37.2 Å². The SMILES string of the molecule is O=P(O)(O)C=Cc1ccccc1.[NaH]. The molecule has 13 heavy (non-hydrogen) atoms. The van der Waals surface area contributed by atoms with Crippen LogP contribution in [0.3, 0.4) is 0 Å². The van der Waals surface area contributed by atoms with Crippen molar-refractivity contribution in [2.24, 2.45) is 0 Å². The fourth-order valence-corrected chi connectivity index (χ4v) is 1.11. The fourth-order valence-electron chi connectivity index (χ4n) is 0.747. The molecule has 0 aliphatic rings. The minimum atomic E-state index is -4.01. The van der Waals surface area contributed by atoms with Gasteiger partial charge in [0.25, 0.3) is 0 Å². The molecule has 0 aliphatic carbocycles. The van der Waals surface area contributed by atoms with Crippen LogP contribution >= 0.6 is 7.60 Å². The molecule has 1 aromatic rings. The van der Waals surface area contributed by atoms with E-state index in [1.807, 2.05) is 6.07 Å². The zero-order valence-electron chi connectivity index (χ0n) is 6.29. The molecular formula is C8H10NaO3P. The zero-order chi connectivity index (χ0) is 9.03. The van der Waals surface area contributed by atoms with Crippen molar-refractivity contribution >= 4 is 43.2 Å². The van der Waals surface area contributed by atoms with Gasteiger partial charge in [-0.3, -0.25) is 4.57 Å². The Morgan fingerprint density at radius 2 is 1.69 bits per heavy atom. The van der Waals surface area contributed by atoms with Crippen LogP contribution in [0.5, 0.6) is 0 Å². The summed E-state index contributed by atoms with van der Waals surface area (Å²) in [7, 11) is -4.01. The standard InChI is InChI=1S/C8H9O3P.Na.H/c9-12(10,11)7-6-8-4-2-1-3-5-8;;/h1-7H,(H2,9,10,11);;. The Kier molecular flexibility index (Phi) is 5.81. The van der Waals surface area contributed by atoms with Crippen molar-refractivity contribution in [2.75, 3.05) is 0 Å². The van der Waals surface area contributed by atoms with Crippen LogP contribution in [-0.2, 0) is 4.57 Å². The first-order valence-corrected chi connectivity index (χ1v) is 5.06. The second kappa shape index (κ2) is 5.76. The van der Waals surface area contributed by atoms with Crippen LogP contribution in [0.1, 0.15) is 5.56 Å². The van der Waals surface area contributed by atoms with E-state index in [-0.39, 0.29) is 29.6 Å². The molecule has 0 aliphatic heterocycles. The van der Waals surface area contributed by atoms with Crippen molar-refractivity contribution in [1.29, 1.82) is 0 Å². The van der Waals surface area contributed by atoms with E-state index >= 15 is 0 Å². The predicted octanol–water partition coefficient (Wildman–Crippen LogP) is 1.19. The number of hydrogen-bond acceptors (Lipinski definition) is 1. The maximum absolute atomic E-state index is 10.4. The van der Waals surface area contributed by atoms with Gasteiger partial charge in [-0.2, -0.15) is 0 Å². The van der Waals surface area contributed by atoms with Crippen molar-refractivity contribution in [1.82, 2.24) is 0 Å². The van der Waals surface area contributed by atoms with Gasteiger partial charge in [-0.15, -0.1) is 0 Å². The molecule has 3 nitrogen and oxygen atoms in total. The molecular weight excluding hydrogens is 198 g/mol. The van der Waals surface area contributed by atoms with Gasteiger partial charge in [0, 0.05) is 5.82 Å². The Bertz CT molecular complexity index is 317. The maximum atomic E-state index is 10.4. The molecule has 0 spiro atoms. The summed E-state index contributed by atoms with van der Waals surface area (Å²) in [6.07, 6.45) is 1.40. The molecule has 0 fully saturated rings. The van der Waals surface area contributed by atoms with Crippen molar-refractivity contribution < 1.29 is 14.4 Å². The Balaban J connectivity index is 0.00000144. The Morgan fingerprint density at radius 3 is 2.15 bits per heavy atom. The molecule has 5 heteroatoms. The summed E-state index contributed by atoms with van der Waals surface area (Å²) in [5.41, 5.74) is 0.779. The van der Waals surface area contributed by atoms with Crippen LogP contribution in [0.4, 0.5) is 0 Å². The number of benzene rings is 1. The summed E-state index contributed by atoms with van der Waals surface area (Å²) >= 11 is 0. The van der Waals surface area contributed by atoms with E-state index in [0.29, 0.717) is 0 Å². The van der Waals surface area contributed by atoms with E-state index in [9.17, 15) is 4.57 Å². The van der Waals surface area contributed by atoms with E-state index < -0.39 is 7.60 Å². The van der Waals surface area contributed by atoms with Gasteiger partial charge < -0.3 is 9.79 Å². The minimum absolute atomic E-state index is 0. The summed E-state index contributed by atoms with van der Waals surface area (Å²) < 4.78 is 10.4. The topological polar surface area (TPSA) is 57.5 Å². The Morgan fingerprint density at radius 1 is 1.15 bits per heavy atom. The van der Waals surface area contributed by atoms with Crippen LogP contribution in [0.2, 0.25) is 0 Å². The van der Waals surface area contributed by atoms with Crippen molar-refractivity contribution in [3.8, 4) is 0 Å². The van der Waals surface area contributed by atoms with Crippen LogP contribution in [0.15, 0.2) is 36.1 Å². The molecule has 0 aromatic heterocycles. The van der Waals surface area contributed by atoms with Gasteiger partial charge in [-0.05, 0) is 11.6 Å². The molecule has 0 saturated heterocycles. The third kappa shape index (κ3) is 6.22. The number of hydrogen-bond donors (Lipinski definition) is 2. The zero-order valence-corrected chi connectivity index (χ0v) is 7.19. The van der Waals surface area contributed by atoms with E-state index in [2.05, 4.69) is 0 Å². The van der Waals surface area contributed by atoms with Crippen molar-refractivity contribution in [3.63, 3.8) is 0 Å². The molecule has 2 N–H and O–H groups in total. The third-order valence-corrected chi connectivity index (χ3v) is 1.80. The second-order valence-electron chi connectivity index (χ2n) is 2.32. The van der Waals surface area contributed by atoms with Gasteiger partial charge in [0.05, 0.1) is 0 Å². The molecule has 66 valence electrons. The molecule has 0 amide bonds. The molecule has 1 rings (SSSR count). The number of rotatable bonds is 2. The first kappa shape index (κ1) is 13.1. The summed E-state index contributed by atoms with van der Waals surface area (Å²) in [6.45, 7) is 0. The van der Waals surface area contributed by atoms with Crippen LogP contribution in [0.25, 0.3) is 6.08 Å². The summed E-state index contributed by atoms with van der Waals surface area (Å²) in [4.78, 5) is 17.0. The van der Waals surface area contributed by atoms with E-state index in [1.54, 1.807) is 24.3 Å². The third-order valence-electron chi connectivity index (χ3n) is 1.26. The fraction of sp³-hybridized carbons (Fsp3) is 0. The average molecular weight is 208 g/mol. The van der Waals surface area contributed by atoms with Gasteiger partial charge in [0.2, 0.25) is 0 Å². The molecule has 0 heterocycles. The monoisotopic (exact) mass is 208 g/mol. The Labute approximate surface area is 98.9 Å². The van der Waals surface area contributed by atoms with E-state index in [4.69, 9.17) is 9.79 Å². The summed E-state index contributed by atoms with van der Waals surface area (Å²) in [6, 6.07) is 8.99. The first-order valence-electron chi connectivity index (χ1n) is 3.37. The molecule has 0 radical (unpaired) electrons. The second-order valence-corrected chi connectivity index (χ2v) is 3.79. The van der Waals surface area contributed by atoms with Crippen molar-refractivity contribution in [3.05, 3.63) is 41.7 Å². The van der Waals surface area contributed by atoms with Gasteiger partial charge in [0.1, 0.15) is 0 Å². The van der Waals surface area contributed by atoms with Crippen LogP contribution < -0.4 is 0 Å². The molecule has 0 atom stereocenters. The first-order chi connectivity index (χ1) is 5.58. The van der Waals surface area contributed by atoms with Gasteiger partial charge in [-0.25, -0.2) is 0 Å². The van der Waals surface area contributed by atoms with E-state index in [0.717, 1.165) is 11.4 Å². The molecule has 1 aromatic carbocycles. The quantitative estimate of drug-likeness (QED) is 0.566. The van der Waals surface area contributed by atoms with Crippen LogP contribution in [0, 0.1) is 0 Å². The average Bonchev–Trinajstić information content (AvgIpc) is 2.02. The molecule has 0 bridgehead atoms. The van der Waals surface area contributed by atoms with Gasteiger partial charge in [-0.1, -0.05) is 30.3 Å². The Hall–Kier alpha value is 0.110. The van der Waals surface area contributed by atoms with Crippen LogP contribution in [-0.4, -0.2) is 39.3 Å². The normalized spacial score (nSPS) is 11.2. The molecule has 0 unspecified atom stereocenters. The molecule has 0 saturated carbocycles. The predicted molar refractivity (Wildman–Crippen MR) is 54.7 cm³/mol. The van der Waals surface area contributed by atoms with E-state index in [1.165, 1.54) is 6.08 Å². The van der Waals surface area contributed by atoms with Gasteiger partial charge in [0.15, 0.2) is 0 Å². The summed E-state index contributed by atoms with van der Waals surface area (Å²) in [5.74, 6) is 0.891. The van der Waals surface area contributed by atoms with Crippen molar-refractivity contribution in [2.45, 2.75) is 0 Å².